The summed E-state index contributed by atoms with van der Waals surface area (Å²) in [6.45, 7) is 8.01. The quantitative estimate of drug-likeness (QED) is 0.528. The SMILES string of the molecule is CC1(C)OB(C(=Cc2ccc(F)nc2)CS)OC1(C)C. The average molecular weight is 295 g/mol. The summed E-state index contributed by atoms with van der Waals surface area (Å²) in [5.41, 5.74) is 0.909. The number of thiol groups is 1. The maximum atomic E-state index is 12.8. The number of rotatable bonds is 3. The van der Waals surface area contributed by atoms with Gasteiger partial charge in [0.2, 0.25) is 5.95 Å². The van der Waals surface area contributed by atoms with Crippen LogP contribution in [0.25, 0.3) is 6.08 Å². The summed E-state index contributed by atoms with van der Waals surface area (Å²) < 4.78 is 24.8. The molecule has 6 heteroatoms. The van der Waals surface area contributed by atoms with E-state index in [1.54, 1.807) is 6.07 Å². The Hall–Kier alpha value is -0.845. The summed E-state index contributed by atoms with van der Waals surface area (Å²) in [6.07, 6.45) is 3.35. The molecular formula is C14H19BFNO2S. The fourth-order valence-electron chi connectivity index (χ4n) is 1.87. The Bertz CT molecular complexity index is 500. The summed E-state index contributed by atoms with van der Waals surface area (Å²) in [5.74, 6) is -0.000930. The van der Waals surface area contributed by atoms with Gasteiger partial charge in [0.25, 0.3) is 0 Å². The maximum Gasteiger partial charge on any atom is 0.491 e. The van der Waals surface area contributed by atoms with E-state index in [2.05, 4.69) is 17.6 Å². The molecule has 1 aromatic rings. The van der Waals surface area contributed by atoms with Crippen molar-refractivity contribution < 1.29 is 13.7 Å². The largest absolute Gasteiger partial charge is 0.491 e. The molecule has 0 radical (unpaired) electrons. The Morgan fingerprint density at radius 2 is 1.90 bits per heavy atom. The van der Waals surface area contributed by atoms with E-state index in [9.17, 15) is 4.39 Å². The molecule has 2 heterocycles. The predicted octanol–water partition coefficient (Wildman–Crippen LogP) is 3.17. The Labute approximate surface area is 125 Å². The van der Waals surface area contributed by atoms with Gasteiger partial charge in [0.05, 0.1) is 11.2 Å². The molecule has 1 aliphatic rings. The second-order valence-electron chi connectivity index (χ2n) is 5.88. The first-order chi connectivity index (χ1) is 9.25. The summed E-state index contributed by atoms with van der Waals surface area (Å²) in [6, 6.07) is 2.99. The first-order valence-electron chi connectivity index (χ1n) is 6.54. The van der Waals surface area contributed by atoms with Crippen LogP contribution in [0.4, 0.5) is 4.39 Å². The summed E-state index contributed by atoms with van der Waals surface area (Å²) in [4.78, 5) is 3.63. The smallest absolute Gasteiger partial charge is 0.400 e. The van der Waals surface area contributed by atoms with Gasteiger partial charge in [-0.25, -0.2) is 4.98 Å². The second kappa shape index (κ2) is 5.50. The second-order valence-corrected chi connectivity index (χ2v) is 6.20. The van der Waals surface area contributed by atoms with Gasteiger partial charge in [0.1, 0.15) is 0 Å². The molecule has 1 aliphatic heterocycles. The van der Waals surface area contributed by atoms with Crippen molar-refractivity contribution in [2.75, 3.05) is 5.75 Å². The van der Waals surface area contributed by atoms with Crippen molar-refractivity contribution in [2.24, 2.45) is 0 Å². The molecule has 1 aromatic heterocycles. The highest BCUT2D eigenvalue weighted by Crippen LogP contribution is 2.38. The van der Waals surface area contributed by atoms with Gasteiger partial charge in [0.15, 0.2) is 0 Å². The molecule has 0 saturated carbocycles. The first-order valence-corrected chi connectivity index (χ1v) is 7.17. The Balaban J connectivity index is 2.24. The lowest BCUT2D eigenvalue weighted by Gasteiger charge is -2.32. The molecule has 0 aliphatic carbocycles. The van der Waals surface area contributed by atoms with E-state index in [1.807, 2.05) is 33.8 Å². The molecular weight excluding hydrogens is 276 g/mol. The third-order valence-electron chi connectivity index (χ3n) is 3.84. The topological polar surface area (TPSA) is 31.4 Å². The molecule has 2 rings (SSSR count). The van der Waals surface area contributed by atoms with E-state index in [0.717, 1.165) is 11.0 Å². The Morgan fingerprint density at radius 3 is 2.35 bits per heavy atom. The minimum Gasteiger partial charge on any atom is -0.400 e. The molecule has 0 unspecified atom stereocenters. The van der Waals surface area contributed by atoms with Crippen LogP contribution in [0.5, 0.6) is 0 Å². The summed E-state index contributed by atoms with van der Waals surface area (Å²) in [5, 5.41) is 0. The van der Waals surface area contributed by atoms with Crippen LogP contribution in [0.1, 0.15) is 33.3 Å². The molecule has 0 atom stereocenters. The minimum atomic E-state index is -0.495. The van der Waals surface area contributed by atoms with Crippen LogP contribution < -0.4 is 0 Å². The van der Waals surface area contributed by atoms with Crippen LogP contribution in [0.2, 0.25) is 0 Å². The van der Waals surface area contributed by atoms with Gasteiger partial charge in [-0.15, -0.1) is 0 Å². The van der Waals surface area contributed by atoms with Gasteiger partial charge < -0.3 is 9.31 Å². The van der Waals surface area contributed by atoms with Crippen molar-refractivity contribution in [1.29, 1.82) is 0 Å². The van der Waals surface area contributed by atoms with Crippen LogP contribution in [-0.2, 0) is 9.31 Å². The van der Waals surface area contributed by atoms with Gasteiger partial charge in [0, 0.05) is 11.9 Å². The number of aromatic nitrogens is 1. The molecule has 20 heavy (non-hydrogen) atoms. The number of hydrogen-bond acceptors (Lipinski definition) is 4. The van der Waals surface area contributed by atoms with E-state index in [-0.39, 0.29) is 11.2 Å². The number of nitrogens with zero attached hydrogens (tertiary/aromatic N) is 1. The zero-order chi connectivity index (χ0) is 15.0. The monoisotopic (exact) mass is 295 g/mol. The summed E-state index contributed by atoms with van der Waals surface area (Å²) in [7, 11) is -0.442. The van der Waals surface area contributed by atoms with Crippen LogP contribution >= 0.6 is 12.6 Å². The van der Waals surface area contributed by atoms with E-state index in [4.69, 9.17) is 9.31 Å². The van der Waals surface area contributed by atoms with E-state index in [0.29, 0.717) is 5.75 Å². The molecule has 0 N–H and O–H groups in total. The number of pyridine rings is 1. The van der Waals surface area contributed by atoms with Gasteiger partial charge in [-0.3, -0.25) is 0 Å². The zero-order valence-electron chi connectivity index (χ0n) is 12.2. The van der Waals surface area contributed by atoms with Gasteiger partial charge >= 0.3 is 7.12 Å². The highest BCUT2D eigenvalue weighted by atomic mass is 32.1. The normalized spacial score (nSPS) is 21.3. The lowest BCUT2D eigenvalue weighted by Crippen LogP contribution is -2.41. The minimum absolute atomic E-state index is 0.388. The molecule has 0 spiro atoms. The summed E-state index contributed by atoms with van der Waals surface area (Å²) >= 11 is 4.33. The van der Waals surface area contributed by atoms with Crippen LogP contribution in [-0.4, -0.2) is 29.1 Å². The fourth-order valence-corrected chi connectivity index (χ4v) is 2.11. The van der Waals surface area contributed by atoms with E-state index < -0.39 is 13.1 Å². The van der Waals surface area contributed by atoms with Crippen LogP contribution in [0, 0.1) is 5.95 Å². The molecule has 3 nitrogen and oxygen atoms in total. The first kappa shape index (κ1) is 15.5. The highest BCUT2D eigenvalue weighted by Gasteiger charge is 2.52. The van der Waals surface area contributed by atoms with Crippen molar-refractivity contribution >= 4 is 25.8 Å². The molecule has 0 aromatic carbocycles. The lowest BCUT2D eigenvalue weighted by molar-refractivity contribution is 0.00578. The molecule has 1 saturated heterocycles. The lowest BCUT2D eigenvalue weighted by atomic mass is 9.78. The van der Waals surface area contributed by atoms with Gasteiger partial charge in [-0.1, -0.05) is 6.08 Å². The van der Waals surface area contributed by atoms with Crippen molar-refractivity contribution in [3.8, 4) is 0 Å². The standard InChI is InChI=1S/C14H19BFNO2S/c1-13(2)14(3,4)19-15(18-13)11(9-20)7-10-5-6-12(16)17-8-10/h5-8,20H,9H2,1-4H3. The van der Waals surface area contributed by atoms with Crippen molar-refractivity contribution in [2.45, 2.75) is 38.9 Å². The molecule has 1 fully saturated rings. The Morgan fingerprint density at radius 1 is 1.30 bits per heavy atom. The van der Waals surface area contributed by atoms with Crippen molar-refractivity contribution in [3.05, 3.63) is 35.3 Å². The van der Waals surface area contributed by atoms with Gasteiger partial charge in [-0.2, -0.15) is 17.0 Å². The number of halogens is 1. The number of hydrogen-bond donors (Lipinski definition) is 1. The predicted molar refractivity (Wildman–Crippen MR) is 82.1 cm³/mol. The maximum absolute atomic E-state index is 12.8. The zero-order valence-corrected chi connectivity index (χ0v) is 13.1. The van der Waals surface area contributed by atoms with Gasteiger partial charge in [-0.05, 0) is 50.9 Å². The van der Waals surface area contributed by atoms with E-state index >= 15 is 0 Å². The van der Waals surface area contributed by atoms with Crippen LogP contribution in [0.15, 0.2) is 23.8 Å². The van der Waals surface area contributed by atoms with Crippen molar-refractivity contribution in [3.63, 3.8) is 0 Å². The van der Waals surface area contributed by atoms with Crippen LogP contribution in [0.3, 0.4) is 0 Å². The van der Waals surface area contributed by atoms with E-state index in [1.165, 1.54) is 12.3 Å². The average Bonchev–Trinajstić information content (AvgIpc) is 2.57. The molecule has 108 valence electrons. The third kappa shape index (κ3) is 3.08. The van der Waals surface area contributed by atoms with Crippen molar-refractivity contribution in [1.82, 2.24) is 4.98 Å². The highest BCUT2D eigenvalue weighted by molar-refractivity contribution is 7.80. The molecule has 0 amide bonds. The Kier molecular flexibility index (Phi) is 4.28. The third-order valence-corrected chi connectivity index (χ3v) is 4.21. The fraction of sp³-hybridized carbons (Fsp3) is 0.500. The molecule has 0 bridgehead atoms.